The lowest BCUT2D eigenvalue weighted by molar-refractivity contribution is -0.121. The molecule has 4 N–H and O–H groups in total. The first kappa shape index (κ1) is 13.7. The lowest BCUT2D eigenvalue weighted by Gasteiger charge is -1.98. The maximum atomic E-state index is 11.0. The van der Waals surface area contributed by atoms with Crippen LogP contribution in [0.5, 0.6) is 5.75 Å². The van der Waals surface area contributed by atoms with Crippen LogP contribution < -0.4 is 16.0 Å². The Morgan fingerprint density at radius 1 is 1.58 bits per heavy atom. The number of aromatic nitrogens is 2. The van der Waals surface area contributed by atoms with Crippen LogP contribution in [-0.4, -0.2) is 28.7 Å². The molecule has 0 aliphatic heterocycles. The van der Waals surface area contributed by atoms with Gasteiger partial charge in [0.05, 0.1) is 18.1 Å². The minimum atomic E-state index is -0.144. The number of hydrogen-bond acceptors (Lipinski definition) is 5. The normalized spacial score (nSPS) is 10.6. The SMILES string of the molecule is COc1ccc2nc(SCCCC(=O)NN)[nH]c2c1. The Labute approximate surface area is 115 Å². The van der Waals surface area contributed by atoms with Gasteiger partial charge in [0.25, 0.3) is 0 Å². The fourth-order valence-electron chi connectivity index (χ4n) is 1.63. The number of nitrogens with two attached hydrogens (primary N) is 1. The van der Waals surface area contributed by atoms with Gasteiger partial charge in [-0.1, -0.05) is 11.8 Å². The van der Waals surface area contributed by atoms with Crippen molar-refractivity contribution in [1.29, 1.82) is 0 Å². The van der Waals surface area contributed by atoms with E-state index in [0.29, 0.717) is 6.42 Å². The predicted molar refractivity (Wildman–Crippen MR) is 74.9 cm³/mol. The molecule has 6 nitrogen and oxygen atoms in total. The van der Waals surface area contributed by atoms with Crippen LogP contribution in [0.4, 0.5) is 0 Å². The highest BCUT2D eigenvalue weighted by atomic mass is 32.2. The van der Waals surface area contributed by atoms with Crippen molar-refractivity contribution < 1.29 is 9.53 Å². The summed E-state index contributed by atoms with van der Waals surface area (Å²) in [5.74, 6) is 6.47. The Balaban J connectivity index is 1.92. The number of carbonyl (C=O) groups excluding carboxylic acids is 1. The fourth-order valence-corrected chi connectivity index (χ4v) is 2.46. The highest BCUT2D eigenvalue weighted by Crippen LogP contribution is 2.23. The smallest absolute Gasteiger partial charge is 0.233 e. The molecule has 0 atom stereocenters. The third-order valence-corrected chi connectivity index (χ3v) is 3.57. The monoisotopic (exact) mass is 280 g/mol. The van der Waals surface area contributed by atoms with Crippen LogP contribution in [0.25, 0.3) is 11.0 Å². The van der Waals surface area contributed by atoms with Gasteiger partial charge in [0.1, 0.15) is 5.75 Å². The highest BCUT2D eigenvalue weighted by Gasteiger charge is 2.05. The summed E-state index contributed by atoms with van der Waals surface area (Å²) in [6, 6.07) is 5.70. The van der Waals surface area contributed by atoms with Crippen LogP contribution in [-0.2, 0) is 4.79 Å². The van der Waals surface area contributed by atoms with E-state index in [0.717, 1.165) is 34.1 Å². The molecule has 0 unspecified atom stereocenters. The number of fused-ring (bicyclic) bond motifs is 1. The summed E-state index contributed by atoms with van der Waals surface area (Å²) in [7, 11) is 1.63. The van der Waals surface area contributed by atoms with E-state index >= 15 is 0 Å². The summed E-state index contributed by atoms with van der Waals surface area (Å²) in [5, 5.41) is 0.844. The summed E-state index contributed by atoms with van der Waals surface area (Å²) in [6.45, 7) is 0. The zero-order chi connectivity index (χ0) is 13.7. The third-order valence-electron chi connectivity index (χ3n) is 2.62. The van der Waals surface area contributed by atoms with E-state index in [-0.39, 0.29) is 5.91 Å². The number of aromatic amines is 1. The fraction of sp³-hybridized carbons (Fsp3) is 0.333. The van der Waals surface area contributed by atoms with Gasteiger partial charge in [-0.05, 0) is 18.6 Å². The van der Waals surface area contributed by atoms with Crippen LogP contribution in [0.1, 0.15) is 12.8 Å². The Bertz CT molecular complexity index is 570. The second-order valence-corrected chi connectivity index (χ2v) is 5.03. The summed E-state index contributed by atoms with van der Waals surface area (Å²) in [4.78, 5) is 18.6. The van der Waals surface area contributed by atoms with E-state index in [4.69, 9.17) is 10.6 Å². The molecule has 0 fully saturated rings. The number of methoxy groups -OCH3 is 1. The number of thioether (sulfide) groups is 1. The quantitative estimate of drug-likeness (QED) is 0.245. The van der Waals surface area contributed by atoms with Gasteiger partial charge in [0.15, 0.2) is 5.16 Å². The Kier molecular flexibility index (Phi) is 4.64. The lowest BCUT2D eigenvalue weighted by atomic mass is 10.3. The van der Waals surface area contributed by atoms with Gasteiger partial charge in [-0.3, -0.25) is 10.2 Å². The molecule has 0 bridgehead atoms. The first-order valence-electron chi connectivity index (χ1n) is 5.89. The molecule has 2 rings (SSSR count). The van der Waals surface area contributed by atoms with Crippen LogP contribution in [0.3, 0.4) is 0 Å². The highest BCUT2D eigenvalue weighted by molar-refractivity contribution is 7.99. The predicted octanol–water partition coefficient (Wildman–Crippen LogP) is 1.43. The van der Waals surface area contributed by atoms with Gasteiger partial charge in [-0.25, -0.2) is 10.8 Å². The zero-order valence-corrected chi connectivity index (χ0v) is 11.4. The molecule has 0 saturated carbocycles. The molecule has 1 heterocycles. The molecule has 0 radical (unpaired) electrons. The summed E-state index contributed by atoms with van der Waals surface area (Å²) >= 11 is 1.58. The second kappa shape index (κ2) is 6.44. The van der Waals surface area contributed by atoms with Crippen LogP contribution >= 0.6 is 11.8 Å². The minimum absolute atomic E-state index is 0.144. The molecule has 7 heteroatoms. The van der Waals surface area contributed by atoms with Crippen molar-refractivity contribution in [2.75, 3.05) is 12.9 Å². The molecule has 0 aliphatic carbocycles. The van der Waals surface area contributed by atoms with Crippen molar-refractivity contribution >= 4 is 28.7 Å². The van der Waals surface area contributed by atoms with Crippen LogP contribution in [0, 0.1) is 0 Å². The number of rotatable bonds is 6. The number of hydrogen-bond donors (Lipinski definition) is 3. The van der Waals surface area contributed by atoms with E-state index in [1.54, 1.807) is 18.9 Å². The molecule has 19 heavy (non-hydrogen) atoms. The molecule has 1 amide bonds. The molecule has 1 aromatic carbocycles. The van der Waals surface area contributed by atoms with E-state index in [9.17, 15) is 4.79 Å². The summed E-state index contributed by atoms with van der Waals surface area (Å²) in [6.07, 6.45) is 1.19. The number of imidazole rings is 1. The first-order valence-corrected chi connectivity index (χ1v) is 6.87. The van der Waals surface area contributed by atoms with E-state index in [1.165, 1.54) is 0 Å². The van der Waals surface area contributed by atoms with E-state index in [1.807, 2.05) is 18.2 Å². The topological polar surface area (TPSA) is 93.0 Å². The summed E-state index contributed by atoms with van der Waals surface area (Å²) in [5.41, 5.74) is 3.96. The molecule has 1 aromatic heterocycles. The molecule has 2 aromatic rings. The van der Waals surface area contributed by atoms with Crippen molar-refractivity contribution in [2.24, 2.45) is 5.84 Å². The number of nitrogens with zero attached hydrogens (tertiary/aromatic N) is 1. The molecule has 0 aliphatic rings. The number of carbonyl (C=O) groups is 1. The van der Waals surface area contributed by atoms with Crippen molar-refractivity contribution in [3.05, 3.63) is 18.2 Å². The van der Waals surface area contributed by atoms with Gasteiger partial charge in [-0.2, -0.15) is 0 Å². The third kappa shape index (κ3) is 3.62. The maximum Gasteiger partial charge on any atom is 0.233 e. The number of hydrazine groups is 1. The molecular formula is C12H16N4O2S. The largest absolute Gasteiger partial charge is 0.497 e. The van der Waals surface area contributed by atoms with Gasteiger partial charge in [0.2, 0.25) is 5.91 Å². The molecular weight excluding hydrogens is 264 g/mol. The molecule has 0 saturated heterocycles. The van der Waals surface area contributed by atoms with Gasteiger partial charge in [0, 0.05) is 18.2 Å². The van der Waals surface area contributed by atoms with Crippen molar-refractivity contribution in [1.82, 2.24) is 15.4 Å². The van der Waals surface area contributed by atoms with Gasteiger partial charge < -0.3 is 9.72 Å². The van der Waals surface area contributed by atoms with Crippen molar-refractivity contribution in [3.63, 3.8) is 0 Å². The lowest BCUT2D eigenvalue weighted by Crippen LogP contribution is -2.29. The number of amides is 1. The molecule has 0 spiro atoms. The standard InChI is InChI=1S/C12H16N4O2S/c1-18-8-4-5-9-10(7-8)15-12(14-9)19-6-2-3-11(17)16-13/h4-5,7H,2-3,6,13H2,1H3,(H,14,15)(H,16,17). The van der Waals surface area contributed by atoms with E-state index < -0.39 is 0 Å². The number of ether oxygens (including phenoxy) is 1. The van der Waals surface area contributed by atoms with Gasteiger partial charge >= 0.3 is 0 Å². The average Bonchev–Trinajstić information content (AvgIpc) is 2.84. The maximum absolute atomic E-state index is 11.0. The Morgan fingerprint density at radius 3 is 3.16 bits per heavy atom. The van der Waals surface area contributed by atoms with Gasteiger partial charge in [-0.15, -0.1) is 0 Å². The van der Waals surface area contributed by atoms with Crippen LogP contribution in [0.15, 0.2) is 23.4 Å². The Hall–Kier alpha value is -1.73. The Morgan fingerprint density at radius 2 is 2.42 bits per heavy atom. The number of nitrogens with one attached hydrogen (secondary N) is 2. The number of benzene rings is 1. The number of H-pyrrole nitrogens is 1. The molecule has 102 valence electrons. The van der Waals surface area contributed by atoms with Crippen molar-refractivity contribution in [3.8, 4) is 5.75 Å². The second-order valence-electron chi connectivity index (χ2n) is 3.94. The van der Waals surface area contributed by atoms with E-state index in [2.05, 4.69) is 15.4 Å². The van der Waals surface area contributed by atoms with Crippen LogP contribution in [0.2, 0.25) is 0 Å². The summed E-state index contributed by atoms with van der Waals surface area (Å²) < 4.78 is 5.16. The average molecular weight is 280 g/mol. The minimum Gasteiger partial charge on any atom is -0.497 e. The van der Waals surface area contributed by atoms with Crippen molar-refractivity contribution in [2.45, 2.75) is 18.0 Å². The zero-order valence-electron chi connectivity index (χ0n) is 10.6. The first-order chi connectivity index (χ1) is 9.22.